The molecule has 1 N–H and O–H groups in total. The number of hydrogen-bond acceptors (Lipinski definition) is 2. The first-order chi connectivity index (χ1) is 10.2. The Balaban J connectivity index is 1.65. The molecule has 0 spiro atoms. The van der Waals surface area contributed by atoms with Crippen LogP contribution < -0.4 is 5.32 Å². The number of nitrogens with zero attached hydrogens (tertiary/aromatic N) is 2. The smallest absolute Gasteiger partial charge is 0.251 e. The maximum absolute atomic E-state index is 12.2. The summed E-state index contributed by atoms with van der Waals surface area (Å²) in [7, 11) is 1.98. The number of nitrogens with one attached hydrogen (secondary N) is 1. The van der Waals surface area contributed by atoms with Crippen molar-refractivity contribution in [2.75, 3.05) is 6.54 Å². The first-order valence-corrected chi connectivity index (χ1v) is 6.96. The molecule has 0 aliphatic carbocycles. The zero-order valence-electron chi connectivity index (χ0n) is 11.9. The van der Waals surface area contributed by atoms with E-state index in [4.69, 9.17) is 0 Å². The van der Waals surface area contributed by atoms with Crippen LogP contribution >= 0.6 is 0 Å². The second-order valence-electron chi connectivity index (χ2n) is 5.07. The van der Waals surface area contributed by atoms with Crippen molar-refractivity contribution in [3.8, 4) is 0 Å². The standard InChI is InChI=1S/C17H17N3O/c1-20-10-7-14-4-5-15(11-16(14)20)17(21)19-9-6-13-3-2-8-18-12-13/h2-5,7-8,10-12H,6,9H2,1H3,(H,19,21). The SMILES string of the molecule is Cn1ccc2ccc(C(=O)NCCc3cccnc3)cc21. The van der Waals surface area contributed by atoms with Gasteiger partial charge in [0.2, 0.25) is 0 Å². The van der Waals surface area contributed by atoms with Crippen LogP contribution in [0.25, 0.3) is 10.9 Å². The summed E-state index contributed by atoms with van der Waals surface area (Å²) in [5, 5.41) is 4.09. The maximum atomic E-state index is 12.2. The Morgan fingerprint density at radius 1 is 1.29 bits per heavy atom. The zero-order valence-corrected chi connectivity index (χ0v) is 11.9. The van der Waals surface area contributed by atoms with Gasteiger partial charge >= 0.3 is 0 Å². The number of rotatable bonds is 4. The van der Waals surface area contributed by atoms with Gasteiger partial charge in [-0.15, -0.1) is 0 Å². The van der Waals surface area contributed by atoms with Gasteiger partial charge in [0.1, 0.15) is 0 Å². The lowest BCUT2D eigenvalue weighted by Crippen LogP contribution is -2.25. The van der Waals surface area contributed by atoms with Crippen LogP contribution in [0.5, 0.6) is 0 Å². The van der Waals surface area contributed by atoms with Crippen LogP contribution in [-0.4, -0.2) is 22.0 Å². The van der Waals surface area contributed by atoms with E-state index in [1.807, 2.05) is 60.4 Å². The molecule has 106 valence electrons. The van der Waals surface area contributed by atoms with Crippen LogP contribution in [-0.2, 0) is 13.5 Å². The van der Waals surface area contributed by atoms with Gasteiger partial charge in [-0.3, -0.25) is 9.78 Å². The molecular weight excluding hydrogens is 262 g/mol. The first-order valence-electron chi connectivity index (χ1n) is 6.96. The molecule has 0 aliphatic heterocycles. The topological polar surface area (TPSA) is 46.9 Å². The van der Waals surface area contributed by atoms with E-state index in [0.29, 0.717) is 12.1 Å². The highest BCUT2D eigenvalue weighted by molar-refractivity contribution is 5.98. The molecule has 0 aliphatic rings. The second-order valence-corrected chi connectivity index (χ2v) is 5.07. The van der Waals surface area contributed by atoms with Crippen LogP contribution in [0.15, 0.2) is 55.0 Å². The Labute approximate surface area is 123 Å². The largest absolute Gasteiger partial charge is 0.352 e. The Hall–Kier alpha value is -2.62. The maximum Gasteiger partial charge on any atom is 0.251 e. The van der Waals surface area contributed by atoms with Gasteiger partial charge in [0, 0.05) is 43.3 Å². The predicted molar refractivity (Wildman–Crippen MR) is 83.2 cm³/mol. The molecule has 0 bridgehead atoms. The Bertz CT molecular complexity index is 762. The van der Waals surface area contributed by atoms with Crippen molar-refractivity contribution in [2.45, 2.75) is 6.42 Å². The van der Waals surface area contributed by atoms with Crippen LogP contribution in [0.4, 0.5) is 0 Å². The van der Waals surface area contributed by atoms with E-state index in [1.54, 1.807) is 6.20 Å². The third-order valence-corrected chi connectivity index (χ3v) is 3.57. The molecule has 3 aromatic rings. The summed E-state index contributed by atoms with van der Waals surface area (Å²) < 4.78 is 2.02. The number of fused-ring (bicyclic) bond motifs is 1. The lowest BCUT2D eigenvalue weighted by molar-refractivity contribution is 0.0954. The Morgan fingerprint density at radius 3 is 3.00 bits per heavy atom. The number of aromatic nitrogens is 2. The van der Waals surface area contributed by atoms with Crippen molar-refractivity contribution in [3.63, 3.8) is 0 Å². The number of pyridine rings is 1. The number of benzene rings is 1. The van der Waals surface area contributed by atoms with Crippen molar-refractivity contribution in [2.24, 2.45) is 7.05 Å². The molecule has 0 unspecified atom stereocenters. The summed E-state index contributed by atoms with van der Waals surface area (Å²) >= 11 is 0. The predicted octanol–water partition coefficient (Wildman–Crippen LogP) is 2.55. The summed E-state index contributed by atoms with van der Waals surface area (Å²) in [5.74, 6) is -0.0398. The highest BCUT2D eigenvalue weighted by Gasteiger charge is 2.07. The van der Waals surface area contributed by atoms with Crippen molar-refractivity contribution in [1.29, 1.82) is 0 Å². The van der Waals surface area contributed by atoms with Gasteiger partial charge in [0.15, 0.2) is 0 Å². The van der Waals surface area contributed by atoms with E-state index in [2.05, 4.69) is 10.3 Å². The molecule has 0 fully saturated rings. The molecule has 4 nitrogen and oxygen atoms in total. The fraction of sp³-hybridized carbons (Fsp3) is 0.176. The lowest BCUT2D eigenvalue weighted by Gasteiger charge is -2.06. The summed E-state index contributed by atoms with van der Waals surface area (Å²) in [6.07, 6.45) is 6.35. The number of carbonyl (C=O) groups is 1. The minimum absolute atomic E-state index is 0.0398. The molecule has 0 saturated carbocycles. The van der Waals surface area contributed by atoms with Crippen LogP contribution in [0.2, 0.25) is 0 Å². The molecule has 2 aromatic heterocycles. The fourth-order valence-electron chi connectivity index (χ4n) is 2.37. The molecule has 0 radical (unpaired) electrons. The van der Waals surface area contributed by atoms with Gasteiger partial charge in [-0.25, -0.2) is 0 Å². The fourth-order valence-corrected chi connectivity index (χ4v) is 2.37. The monoisotopic (exact) mass is 279 g/mol. The second kappa shape index (κ2) is 5.79. The van der Waals surface area contributed by atoms with Gasteiger partial charge in [-0.1, -0.05) is 12.1 Å². The average molecular weight is 279 g/mol. The van der Waals surface area contributed by atoms with Crippen molar-refractivity contribution in [1.82, 2.24) is 14.9 Å². The number of aryl methyl sites for hydroxylation is 1. The van der Waals surface area contributed by atoms with E-state index in [0.717, 1.165) is 22.9 Å². The average Bonchev–Trinajstić information content (AvgIpc) is 2.89. The molecule has 4 heteroatoms. The number of hydrogen-bond donors (Lipinski definition) is 1. The summed E-state index contributed by atoms with van der Waals surface area (Å²) in [6, 6.07) is 11.7. The molecule has 2 heterocycles. The highest BCUT2D eigenvalue weighted by Crippen LogP contribution is 2.16. The van der Waals surface area contributed by atoms with Gasteiger partial charge in [0.05, 0.1) is 0 Å². The summed E-state index contributed by atoms with van der Waals surface area (Å²) in [5.41, 5.74) is 2.88. The Kier molecular flexibility index (Phi) is 3.69. The number of carbonyl (C=O) groups excluding carboxylic acids is 1. The third-order valence-electron chi connectivity index (χ3n) is 3.57. The van der Waals surface area contributed by atoms with Crippen molar-refractivity contribution >= 4 is 16.8 Å². The van der Waals surface area contributed by atoms with Crippen molar-refractivity contribution in [3.05, 3.63) is 66.1 Å². The van der Waals surface area contributed by atoms with E-state index in [1.165, 1.54) is 0 Å². The quantitative estimate of drug-likeness (QED) is 0.798. The molecular formula is C17H17N3O. The minimum Gasteiger partial charge on any atom is -0.352 e. The molecule has 3 rings (SSSR count). The molecule has 0 saturated heterocycles. The van der Waals surface area contributed by atoms with E-state index >= 15 is 0 Å². The third kappa shape index (κ3) is 2.94. The van der Waals surface area contributed by atoms with Crippen LogP contribution in [0.3, 0.4) is 0 Å². The highest BCUT2D eigenvalue weighted by atomic mass is 16.1. The number of amides is 1. The molecule has 21 heavy (non-hydrogen) atoms. The van der Waals surface area contributed by atoms with E-state index in [9.17, 15) is 4.79 Å². The minimum atomic E-state index is -0.0398. The van der Waals surface area contributed by atoms with Gasteiger partial charge in [0.25, 0.3) is 5.91 Å². The lowest BCUT2D eigenvalue weighted by atomic mass is 10.1. The van der Waals surface area contributed by atoms with E-state index < -0.39 is 0 Å². The van der Waals surface area contributed by atoms with Gasteiger partial charge in [-0.2, -0.15) is 0 Å². The summed E-state index contributed by atoms with van der Waals surface area (Å²) in [4.78, 5) is 16.2. The molecule has 1 aromatic carbocycles. The van der Waals surface area contributed by atoms with Crippen LogP contribution in [0.1, 0.15) is 15.9 Å². The van der Waals surface area contributed by atoms with Gasteiger partial charge < -0.3 is 9.88 Å². The van der Waals surface area contributed by atoms with Crippen molar-refractivity contribution < 1.29 is 4.79 Å². The normalized spacial score (nSPS) is 10.7. The first kappa shape index (κ1) is 13.4. The van der Waals surface area contributed by atoms with Crippen LogP contribution in [0, 0.1) is 0 Å². The molecule has 0 atom stereocenters. The van der Waals surface area contributed by atoms with E-state index in [-0.39, 0.29) is 5.91 Å². The van der Waals surface area contributed by atoms with Gasteiger partial charge in [-0.05, 0) is 41.6 Å². The molecule has 1 amide bonds. The Morgan fingerprint density at radius 2 is 2.19 bits per heavy atom. The zero-order chi connectivity index (χ0) is 14.7. The summed E-state index contributed by atoms with van der Waals surface area (Å²) in [6.45, 7) is 0.607.